The van der Waals surface area contributed by atoms with Gasteiger partial charge >= 0.3 is 6.16 Å². The fraction of sp³-hybridized carbons (Fsp3) is 0.769. The van der Waals surface area contributed by atoms with Gasteiger partial charge < -0.3 is 9.47 Å². The Labute approximate surface area is 119 Å². The Morgan fingerprint density at radius 2 is 1.70 bits per heavy atom. The lowest BCUT2D eigenvalue weighted by atomic mass is 10.0. The fourth-order valence-corrected chi connectivity index (χ4v) is 3.25. The van der Waals surface area contributed by atoms with Crippen LogP contribution in [0.3, 0.4) is 0 Å². The summed E-state index contributed by atoms with van der Waals surface area (Å²) >= 11 is 0. The van der Waals surface area contributed by atoms with Gasteiger partial charge in [0, 0.05) is 11.8 Å². The summed E-state index contributed by atoms with van der Waals surface area (Å²) < 4.78 is 38.0. The Bertz CT molecular complexity index is 515. The molecule has 4 unspecified atom stereocenters. The van der Waals surface area contributed by atoms with Crippen molar-refractivity contribution in [2.45, 2.75) is 45.0 Å². The highest BCUT2D eigenvalue weighted by atomic mass is 32.2. The highest BCUT2D eigenvalue weighted by molar-refractivity contribution is 7.86. The first-order chi connectivity index (χ1) is 9.05. The molecule has 2 bridgehead atoms. The van der Waals surface area contributed by atoms with Crippen LogP contribution in [-0.2, 0) is 23.8 Å². The summed E-state index contributed by atoms with van der Waals surface area (Å²) in [5.41, 5.74) is -0.655. The van der Waals surface area contributed by atoms with Crippen molar-refractivity contribution >= 4 is 16.3 Å². The van der Waals surface area contributed by atoms with Crippen LogP contribution in [0.4, 0.5) is 4.79 Å². The zero-order valence-electron chi connectivity index (χ0n) is 12.0. The molecule has 0 amide bonds. The topological polar surface area (TPSA) is 78.9 Å². The summed E-state index contributed by atoms with van der Waals surface area (Å²) in [5, 5.41) is 0. The second kappa shape index (κ2) is 5.04. The third-order valence-electron chi connectivity index (χ3n) is 3.23. The van der Waals surface area contributed by atoms with Gasteiger partial charge in [-0.1, -0.05) is 12.2 Å². The smallest absolute Gasteiger partial charge is 0.429 e. The lowest BCUT2D eigenvalue weighted by molar-refractivity contribution is -0.0554. The molecule has 0 saturated heterocycles. The van der Waals surface area contributed by atoms with Gasteiger partial charge in [0.2, 0.25) is 0 Å². The normalized spacial score (nSPS) is 32.4. The van der Waals surface area contributed by atoms with Crippen LogP contribution in [0.25, 0.3) is 0 Å². The number of ether oxygens (including phenoxy) is 2. The molecular formula is C13H20O6S. The Kier molecular flexibility index (Phi) is 3.85. The maximum absolute atomic E-state index is 11.7. The van der Waals surface area contributed by atoms with E-state index in [9.17, 15) is 13.2 Å². The highest BCUT2D eigenvalue weighted by Crippen LogP contribution is 2.43. The first kappa shape index (κ1) is 15.3. The van der Waals surface area contributed by atoms with Gasteiger partial charge in [-0.05, 0) is 27.2 Å². The van der Waals surface area contributed by atoms with Crippen molar-refractivity contribution in [1.82, 2.24) is 0 Å². The van der Waals surface area contributed by atoms with Gasteiger partial charge in [-0.15, -0.1) is 0 Å². The van der Waals surface area contributed by atoms with Gasteiger partial charge in [-0.25, -0.2) is 4.79 Å². The van der Waals surface area contributed by atoms with Crippen molar-refractivity contribution in [3.8, 4) is 0 Å². The molecule has 0 aliphatic heterocycles. The molecule has 0 spiro atoms. The maximum Gasteiger partial charge on any atom is 0.509 e. The predicted octanol–water partition coefficient (Wildman–Crippen LogP) is 1.86. The van der Waals surface area contributed by atoms with E-state index in [2.05, 4.69) is 0 Å². The molecule has 7 heteroatoms. The maximum atomic E-state index is 11.7. The van der Waals surface area contributed by atoms with Crippen LogP contribution in [0.15, 0.2) is 12.2 Å². The lowest BCUT2D eigenvalue weighted by Crippen LogP contribution is -2.39. The molecule has 0 aromatic rings. The van der Waals surface area contributed by atoms with Crippen LogP contribution in [-0.4, -0.2) is 38.6 Å². The van der Waals surface area contributed by atoms with Crippen LogP contribution < -0.4 is 0 Å². The van der Waals surface area contributed by atoms with E-state index in [-0.39, 0.29) is 11.8 Å². The molecular weight excluding hydrogens is 284 g/mol. The average Bonchev–Trinajstić information content (AvgIpc) is 2.76. The van der Waals surface area contributed by atoms with E-state index in [1.807, 2.05) is 12.2 Å². The van der Waals surface area contributed by atoms with Crippen molar-refractivity contribution in [2.24, 2.45) is 11.8 Å². The molecule has 0 N–H and O–H groups in total. The van der Waals surface area contributed by atoms with E-state index in [1.165, 1.54) is 0 Å². The van der Waals surface area contributed by atoms with E-state index in [4.69, 9.17) is 13.7 Å². The second-order valence-corrected chi connectivity index (χ2v) is 7.86. The first-order valence-corrected chi connectivity index (χ1v) is 8.33. The highest BCUT2D eigenvalue weighted by Gasteiger charge is 2.49. The summed E-state index contributed by atoms with van der Waals surface area (Å²) in [4.78, 5) is 11.7. The summed E-state index contributed by atoms with van der Waals surface area (Å²) in [6.45, 7) is 5.21. The standard InChI is InChI=1S/C13H20O6S/c1-13(2,3)18-12(14)17-10-8-5-6-9(7-8)11(10)19-20(4,15)16/h5-6,8-11H,7H2,1-4H3. The van der Waals surface area contributed by atoms with Crippen molar-refractivity contribution in [3.05, 3.63) is 12.2 Å². The molecule has 6 nitrogen and oxygen atoms in total. The van der Waals surface area contributed by atoms with E-state index in [0.717, 1.165) is 12.7 Å². The van der Waals surface area contributed by atoms with Crippen LogP contribution in [0.2, 0.25) is 0 Å². The second-order valence-electron chi connectivity index (χ2n) is 6.26. The van der Waals surface area contributed by atoms with Gasteiger partial charge in [0.1, 0.15) is 17.8 Å². The molecule has 0 aromatic carbocycles. The lowest BCUT2D eigenvalue weighted by Gasteiger charge is -2.28. The van der Waals surface area contributed by atoms with E-state index < -0.39 is 34.1 Å². The average molecular weight is 304 g/mol. The molecule has 0 heterocycles. The van der Waals surface area contributed by atoms with Gasteiger partial charge in [-0.3, -0.25) is 4.18 Å². The van der Waals surface area contributed by atoms with E-state index in [0.29, 0.717) is 0 Å². The summed E-state index contributed by atoms with van der Waals surface area (Å²) in [6.07, 6.45) is 3.49. The van der Waals surface area contributed by atoms with Crippen molar-refractivity contribution in [3.63, 3.8) is 0 Å². The molecule has 114 valence electrons. The quantitative estimate of drug-likeness (QED) is 0.450. The Hall–Kier alpha value is -1.08. The first-order valence-electron chi connectivity index (χ1n) is 6.51. The van der Waals surface area contributed by atoms with Crippen molar-refractivity contribution in [2.75, 3.05) is 6.26 Å². The molecule has 20 heavy (non-hydrogen) atoms. The number of carbonyl (C=O) groups excluding carboxylic acids is 1. The molecule has 0 radical (unpaired) electrons. The Balaban J connectivity index is 2.05. The summed E-state index contributed by atoms with van der Waals surface area (Å²) in [7, 11) is -3.60. The van der Waals surface area contributed by atoms with Crippen LogP contribution in [0, 0.1) is 11.8 Å². The summed E-state index contributed by atoms with van der Waals surface area (Å²) in [6, 6.07) is 0. The van der Waals surface area contributed by atoms with Crippen molar-refractivity contribution < 1.29 is 26.9 Å². The minimum absolute atomic E-state index is 0.0146. The minimum atomic E-state index is -3.60. The van der Waals surface area contributed by atoms with Crippen LogP contribution >= 0.6 is 0 Å². The third kappa shape index (κ3) is 3.73. The number of carbonyl (C=O) groups is 1. The van der Waals surface area contributed by atoms with Gasteiger partial charge in [-0.2, -0.15) is 8.42 Å². The van der Waals surface area contributed by atoms with Crippen LogP contribution in [0.1, 0.15) is 27.2 Å². The van der Waals surface area contributed by atoms with Gasteiger partial charge in [0.05, 0.1) is 6.26 Å². The number of hydrogen-bond acceptors (Lipinski definition) is 6. The molecule has 2 aliphatic rings. The Morgan fingerprint density at radius 3 is 2.20 bits per heavy atom. The predicted molar refractivity (Wildman–Crippen MR) is 71.6 cm³/mol. The van der Waals surface area contributed by atoms with Gasteiger partial charge in [0.15, 0.2) is 0 Å². The van der Waals surface area contributed by atoms with E-state index >= 15 is 0 Å². The van der Waals surface area contributed by atoms with E-state index in [1.54, 1.807) is 20.8 Å². The zero-order chi connectivity index (χ0) is 15.1. The molecule has 2 aliphatic carbocycles. The molecule has 1 fully saturated rings. The fourth-order valence-electron chi connectivity index (χ4n) is 2.60. The Morgan fingerprint density at radius 1 is 1.15 bits per heavy atom. The monoisotopic (exact) mass is 304 g/mol. The largest absolute Gasteiger partial charge is 0.509 e. The zero-order valence-corrected chi connectivity index (χ0v) is 12.8. The minimum Gasteiger partial charge on any atom is -0.429 e. The third-order valence-corrected chi connectivity index (χ3v) is 3.80. The number of hydrogen-bond donors (Lipinski definition) is 0. The summed E-state index contributed by atoms with van der Waals surface area (Å²) in [5.74, 6) is -0.0542. The molecule has 4 atom stereocenters. The molecule has 2 rings (SSSR count). The van der Waals surface area contributed by atoms with Crippen LogP contribution in [0.5, 0.6) is 0 Å². The SMILES string of the molecule is CC(C)(C)OC(=O)OC1C2C=CC(C2)C1OS(C)(=O)=O. The molecule has 1 saturated carbocycles. The van der Waals surface area contributed by atoms with Gasteiger partial charge in [0.25, 0.3) is 10.1 Å². The van der Waals surface area contributed by atoms with Crippen molar-refractivity contribution in [1.29, 1.82) is 0 Å². The number of rotatable bonds is 3. The number of fused-ring (bicyclic) bond motifs is 2. The molecule has 0 aromatic heterocycles.